The first kappa shape index (κ1) is 51.9. The van der Waals surface area contributed by atoms with E-state index < -0.39 is 0 Å². The molecule has 4 aromatic carbocycles. The van der Waals surface area contributed by atoms with Gasteiger partial charge in [0.1, 0.15) is 17.2 Å². The van der Waals surface area contributed by atoms with Crippen molar-refractivity contribution in [3.8, 4) is 17.2 Å². The molecule has 0 bridgehead atoms. The maximum Gasteiger partial charge on any atom is 0.119 e. The van der Waals surface area contributed by atoms with E-state index in [0.717, 1.165) is 74.5 Å². The highest BCUT2D eigenvalue weighted by Gasteiger charge is 2.33. The van der Waals surface area contributed by atoms with E-state index in [-0.39, 0.29) is 32.5 Å². The molecular formula is C60H90O3. The zero-order valence-electron chi connectivity index (χ0n) is 44.2. The van der Waals surface area contributed by atoms with Gasteiger partial charge in [0.2, 0.25) is 0 Å². The number of aromatic hydroxyl groups is 3. The van der Waals surface area contributed by atoms with Crippen molar-refractivity contribution in [3.63, 3.8) is 0 Å². The molecule has 0 aliphatic rings. The lowest BCUT2D eigenvalue weighted by Gasteiger charge is -2.33. The molecule has 3 nitrogen and oxygen atoms in total. The minimum absolute atomic E-state index is 0.135. The van der Waals surface area contributed by atoms with Crippen LogP contribution in [0.2, 0.25) is 0 Å². The first-order chi connectivity index (χ1) is 28.9. The summed E-state index contributed by atoms with van der Waals surface area (Å²) in [5, 5.41) is 35.1. The smallest absolute Gasteiger partial charge is 0.119 e. The second kappa shape index (κ2) is 18.6. The Morgan fingerprint density at radius 2 is 0.476 bits per heavy atom. The third kappa shape index (κ3) is 10.2. The molecule has 0 atom stereocenters. The van der Waals surface area contributed by atoms with Crippen molar-refractivity contribution in [1.29, 1.82) is 0 Å². The molecule has 63 heavy (non-hydrogen) atoms. The minimum atomic E-state index is -0.182. The van der Waals surface area contributed by atoms with Crippen LogP contribution in [0, 0.1) is 20.8 Å². The molecule has 0 amide bonds. The lowest BCUT2D eigenvalue weighted by atomic mass is 9.71. The Hall–Kier alpha value is -3.72. The van der Waals surface area contributed by atoms with Gasteiger partial charge in [-0.2, -0.15) is 0 Å². The Balaban J connectivity index is 2.22. The van der Waals surface area contributed by atoms with Crippen molar-refractivity contribution < 1.29 is 15.3 Å². The van der Waals surface area contributed by atoms with Crippen LogP contribution in [0.4, 0.5) is 0 Å². The summed E-state index contributed by atoms with van der Waals surface area (Å²) in [6, 6.07) is 13.3. The Morgan fingerprint density at radius 1 is 0.302 bits per heavy atom. The Labute approximate surface area is 386 Å². The van der Waals surface area contributed by atoms with E-state index in [9.17, 15) is 15.3 Å². The second-order valence-electron chi connectivity index (χ2n) is 23.3. The second-order valence-corrected chi connectivity index (χ2v) is 23.3. The number of hydrogen-bond donors (Lipinski definition) is 3. The summed E-state index contributed by atoms with van der Waals surface area (Å²) in [6.45, 7) is 47.8. The van der Waals surface area contributed by atoms with Crippen molar-refractivity contribution in [2.75, 3.05) is 0 Å². The van der Waals surface area contributed by atoms with Crippen molar-refractivity contribution in [2.24, 2.45) is 0 Å². The van der Waals surface area contributed by atoms with E-state index in [1.165, 1.54) is 66.8 Å². The highest BCUT2D eigenvalue weighted by molar-refractivity contribution is 5.60. The first-order valence-corrected chi connectivity index (χ1v) is 24.6. The zero-order chi connectivity index (χ0) is 48.0. The predicted octanol–water partition coefficient (Wildman–Crippen LogP) is 16.6. The Bertz CT molecular complexity index is 2010. The fraction of sp³-hybridized carbons (Fsp3) is 0.600. The van der Waals surface area contributed by atoms with Crippen LogP contribution in [-0.2, 0) is 51.8 Å². The van der Waals surface area contributed by atoms with Crippen LogP contribution in [0.15, 0.2) is 36.4 Å². The maximum atomic E-state index is 11.7. The molecule has 0 heterocycles. The number of rotatable bonds is 18. The Kier molecular flexibility index (Phi) is 15.4. The maximum absolute atomic E-state index is 11.7. The van der Waals surface area contributed by atoms with Gasteiger partial charge in [-0.15, -0.1) is 0 Å². The van der Waals surface area contributed by atoms with E-state index in [4.69, 9.17) is 0 Å². The quantitative estimate of drug-likeness (QED) is 0.0934. The summed E-state index contributed by atoms with van der Waals surface area (Å²) in [4.78, 5) is 0. The van der Waals surface area contributed by atoms with Gasteiger partial charge < -0.3 is 15.3 Å². The van der Waals surface area contributed by atoms with Gasteiger partial charge in [-0.05, 0) is 213 Å². The number of phenolic OH excluding ortho intramolecular Hbond substituents is 3. The summed E-state index contributed by atoms with van der Waals surface area (Å²) in [5.41, 5.74) is 17.7. The van der Waals surface area contributed by atoms with Gasteiger partial charge in [-0.25, -0.2) is 0 Å². The molecule has 0 aliphatic heterocycles. The lowest BCUT2D eigenvalue weighted by molar-refractivity contribution is 0.422. The van der Waals surface area contributed by atoms with Crippen LogP contribution in [0.3, 0.4) is 0 Å². The van der Waals surface area contributed by atoms with Crippen LogP contribution in [0.5, 0.6) is 17.2 Å². The van der Waals surface area contributed by atoms with Gasteiger partial charge >= 0.3 is 0 Å². The van der Waals surface area contributed by atoms with Crippen LogP contribution < -0.4 is 0 Å². The number of hydrogen-bond acceptors (Lipinski definition) is 3. The van der Waals surface area contributed by atoms with E-state index in [1.807, 2.05) is 0 Å². The summed E-state index contributed by atoms with van der Waals surface area (Å²) in [7, 11) is 0. The summed E-state index contributed by atoms with van der Waals surface area (Å²) >= 11 is 0. The van der Waals surface area contributed by atoms with E-state index in [0.29, 0.717) is 17.2 Å². The Morgan fingerprint density at radius 3 is 0.651 bits per heavy atom. The average molecular weight is 859 g/mol. The van der Waals surface area contributed by atoms with Gasteiger partial charge in [0.25, 0.3) is 0 Å². The van der Waals surface area contributed by atoms with Gasteiger partial charge in [0, 0.05) is 0 Å². The largest absolute Gasteiger partial charge is 0.508 e. The average Bonchev–Trinajstić information content (AvgIpc) is 3.23. The van der Waals surface area contributed by atoms with E-state index in [2.05, 4.69) is 182 Å². The van der Waals surface area contributed by atoms with Crippen LogP contribution in [0.1, 0.15) is 247 Å². The highest BCUT2D eigenvalue weighted by atomic mass is 16.3. The molecule has 0 saturated carbocycles. The topological polar surface area (TPSA) is 60.7 Å². The molecule has 0 aliphatic carbocycles. The van der Waals surface area contributed by atoms with Gasteiger partial charge in [0.15, 0.2) is 0 Å². The van der Waals surface area contributed by atoms with Crippen LogP contribution in [0.25, 0.3) is 0 Å². The van der Waals surface area contributed by atoms with Crippen LogP contribution >= 0.6 is 0 Å². The van der Waals surface area contributed by atoms with Crippen molar-refractivity contribution in [3.05, 3.63) is 120 Å². The van der Waals surface area contributed by atoms with Crippen molar-refractivity contribution >= 4 is 0 Å². The third-order valence-corrected chi connectivity index (χ3v) is 17.2. The summed E-state index contributed by atoms with van der Waals surface area (Å²) in [5.74, 6) is 1.19. The van der Waals surface area contributed by atoms with Gasteiger partial charge in [-0.1, -0.05) is 143 Å². The summed E-state index contributed by atoms with van der Waals surface area (Å²) < 4.78 is 0. The third-order valence-electron chi connectivity index (χ3n) is 17.2. The minimum Gasteiger partial charge on any atom is -0.508 e. The highest BCUT2D eigenvalue weighted by Crippen LogP contribution is 2.46. The summed E-state index contributed by atoms with van der Waals surface area (Å²) in [6.07, 6.45) is 7.93. The van der Waals surface area contributed by atoms with Crippen LogP contribution in [-0.4, -0.2) is 15.3 Å². The molecule has 0 saturated heterocycles. The molecule has 0 radical (unpaired) electrons. The number of phenols is 3. The van der Waals surface area contributed by atoms with E-state index in [1.54, 1.807) is 0 Å². The number of benzene rings is 4. The monoisotopic (exact) mass is 859 g/mol. The SMILES string of the molecule is CCC(C)(C)c1cc(Cc2c(C)c(Cc3cc(C(C)(C)CC)c(O)cc3C(C)(C)CC)c(C)c(Cc3cc(C(C)(C)CC)c(O)cc3C(C)(C)CC)c2C)c(C(C)(C)CC)cc1O. The van der Waals surface area contributed by atoms with Crippen molar-refractivity contribution in [2.45, 2.75) is 236 Å². The predicted molar refractivity (Wildman–Crippen MR) is 273 cm³/mol. The molecule has 4 aromatic rings. The molecule has 3 heteroatoms. The van der Waals surface area contributed by atoms with E-state index >= 15 is 0 Å². The molecule has 4 rings (SSSR count). The normalized spacial score (nSPS) is 13.3. The standard InChI is InChI=1S/C60H90O3/c1-22-55(10,11)46-34-52(61)49(58(16,17)25-4)31-40(46)28-43-37(7)44(29-41-32-50(59(18,19)26-5)53(62)35-47(41)56(12,13)23-2)39(9)45(38(43)8)30-42-33-51(60(20,21)27-6)54(63)36-48(42)57(14,15)24-3/h31-36,61-63H,22-30H2,1-21H3. The van der Waals surface area contributed by atoms with Gasteiger partial charge in [-0.3, -0.25) is 0 Å². The lowest BCUT2D eigenvalue weighted by Crippen LogP contribution is -2.23. The molecular weight excluding hydrogens is 769 g/mol. The fourth-order valence-electron chi connectivity index (χ4n) is 9.75. The first-order valence-electron chi connectivity index (χ1n) is 24.6. The molecule has 3 N–H and O–H groups in total. The van der Waals surface area contributed by atoms with Gasteiger partial charge in [0.05, 0.1) is 0 Å². The molecule has 0 unspecified atom stereocenters. The fourth-order valence-corrected chi connectivity index (χ4v) is 9.75. The molecule has 0 aromatic heterocycles. The molecule has 0 spiro atoms. The molecule has 0 fully saturated rings. The van der Waals surface area contributed by atoms with Crippen molar-refractivity contribution in [1.82, 2.24) is 0 Å². The zero-order valence-corrected chi connectivity index (χ0v) is 44.2. The molecule has 348 valence electrons.